The molecule has 1 aliphatic heterocycles. The van der Waals surface area contributed by atoms with Gasteiger partial charge in [0.15, 0.2) is 0 Å². The molecule has 2 aromatic carbocycles. The highest BCUT2D eigenvalue weighted by molar-refractivity contribution is 5.95. The molecule has 0 saturated carbocycles. The molecule has 0 radical (unpaired) electrons. The van der Waals surface area contributed by atoms with Crippen LogP contribution in [0.3, 0.4) is 0 Å². The van der Waals surface area contributed by atoms with Gasteiger partial charge in [-0.2, -0.15) is 0 Å². The Balaban J connectivity index is 1.26. The van der Waals surface area contributed by atoms with Gasteiger partial charge in [-0.25, -0.2) is 0 Å². The average molecular weight is 490 g/mol. The summed E-state index contributed by atoms with van der Waals surface area (Å²) in [5.74, 6) is 0.0579. The van der Waals surface area contributed by atoms with Crippen molar-refractivity contribution in [2.75, 3.05) is 18.1 Å². The number of carbonyl (C=O) groups excluding carboxylic acids is 2. The molecule has 5 nitrogen and oxygen atoms in total. The summed E-state index contributed by atoms with van der Waals surface area (Å²) in [6.07, 6.45) is 17.6. The third-order valence-electron chi connectivity index (χ3n) is 6.73. The van der Waals surface area contributed by atoms with Crippen LogP contribution in [0.5, 0.6) is 0 Å². The second-order valence-electron chi connectivity index (χ2n) is 9.71. The summed E-state index contributed by atoms with van der Waals surface area (Å²) in [5, 5.41) is 4.97. The van der Waals surface area contributed by atoms with E-state index in [9.17, 15) is 9.59 Å². The van der Waals surface area contributed by atoms with E-state index in [2.05, 4.69) is 35.9 Å². The summed E-state index contributed by atoms with van der Waals surface area (Å²) >= 11 is 0. The molecule has 2 aromatic rings. The first-order valence-corrected chi connectivity index (χ1v) is 13.9. The molecule has 0 aromatic heterocycles. The van der Waals surface area contributed by atoms with Gasteiger partial charge in [-0.15, -0.1) is 0 Å². The van der Waals surface area contributed by atoms with E-state index in [1.165, 1.54) is 50.5 Å². The molecule has 2 amide bonds. The number of unbranched alkanes of at least 4 members (excludes halogenated alkanes) is 8. The smallest absolute Gasteiger partial charge is 0.269 e. The van der Waals surface area contributed by atoms with Gasteiger partial charge in [-0.3, -0.25) is 20.0 Å². The molecule has 5 heteroatoms. The maximum atomic E-state index is 12.7. The van der Waals surface area contributed by atoms with Gasteiger partial charge in [-0.05, 0) is 55.0 Å². The molecule has 3 rings (SSSR count). The number of hydrazine groups is 1. The standard InChI is InChI=1S/C31H43N3O2/c1-2-3-4-5-6-7-8-14-24-32-30(35)18-11-9-10-15-26-19-21-28(22-20-26)31(36)33-34-25-23-27-16-12-13-17-29(27)34/h10,12-13,15-17,19-22H,2-9,11,14,18,23-25H2,1H3,(H,32,35)(H,33,36)/b15-10+. The Morgan fingerprint density at radius 1 is 0.889 bits per heavy atom. The summed E-state index contributed by atoms with van der Waals surface area (Å²) in [5.41, 5.74) is 7.05. The molecule has 2 N–H and O–H groups in total. The lowest BCUT2D eigenvalue weighted by atomic mass is 10.1. The van der Waals surface area contributed by atoms with Crippen LogP contribution in [0.25, 0.3) is 6.08 Å². The van der Waals surface area contributed by atoms with Crippen LogP contribution in [0, 0.1) is 0 Å². The molecule has 0 saturated heterocycles. The zero-order valence-electron chi connectivity index (χ0n) is 21.9. The van der Waals surface area contributed by atoms with Crippen molar-refractivity contribution in [3.63, 3.8) is 0 Å². The Morgan fingerprint density at radius 2 is 1.61 bits per heavy atom. The van der Waals surface area contributed by atoms with Gasteiger partial charge in [0.1, 0.15) is 0 Å². The number of rotatable bonds is 16. The molecule has 0 bridgehead atoms. The predicted molar refractivity (Wildman–Crippen MR) is 150 cm³/mol. The number of amides is 2. The van der Waals surface area contributed by atoms with E-state index in [4.69, 9.17) is 0 Å². The van der Waals surface area contributed by atoms with Crippen molar-refractivity contribution < 1.29 is 9.59 Å². The third kappa shape index (κ3) is 9.52. The van der Waals surface area contributed by atoms with Crippen LogP contribution < -0.4 is 15.8 Å². The van der Waals surface area contributed by atoms with E-state index in [-0.39, 0.29) is 11.8 Å². The summed E-state index contributed by atoms with van der Waals surface area (Å²) in [6.45, 7) is 3.84. The van der Waals surface area contributed by atoms with Gasteiger partial charge in [0, 0.05) is 25.1 Å². The molecular weight excluding hydrogens is 446 g/mol. The Hall–Kier alpha value is -3.08. The number of para-hydroxylation sites is 1. The molecule has 194 valence electrons. The first kappa shape index (κ1) is 27.5. The van der Waals surface area contributed by atoms with Crippen molar-refractivity contribution in [2.24, 2.45) is 0 Å². The minimum absolute atomic E-state index is 0.0970. The van der Waals surface area contributed by atoms with Crippen molar-refractivity contribution >= 4 is 23.6 Å². The first-order chi connectivity index (χ1) is 17.7. The lowest BCUT2D eigenvalue weighted by molar-refractivity contribution is -0.121. The highest BCUT2D eigenvalue weighted by atomic mass is 16.2. The molecule has 0 fully saturated rings. The molecule has 1 aliphatic rings. The number of benzene rings is 2. The van der Waals surface area contributed by atoms with E-state index in [0.717, 1.165) is 50.0 Å². The molecule has 0 spiro atoms. The molecule has 36 heavy (non-hydrogen) atoms. The largest absolute Gasteiger partial charge is 0.356 e. The predicted octanol–water partition coefficient (Wildman–Crippen LogP) is 6.83. The Kier molecular flexibility index (Phi) is 12.1. The van der Waals surface area contributed by atoms with Crippen LogP contribution in [-0.4, -0.2) is 24.9 Å². The lowest BCUT2D eigenvalue weighted by Crippen LogP contribution is -2.41. The summed E-state index contributed by atoms with van der Waals surface area (Å²) in [6, 6.07) is 15.8. The van der Waals surface area contributed by atoms with E-state index >= 15 is 0 Å². The van der Waals surface area contributed by atoms with Gasteiger partial charge >= 0.3 is 0 Å². The van der Waals surface area contributed by atoms with Gasteiger partial charge in [-0.1, -0.05) is 94.4 Å². The summed E-state index contributed by atoms with van der Waals surface area (Å²) < 4.78 is 0. The molecule has 0 unspecified atom stereocenters. The highest BCUT2D eigenvalue weighted by Gasteiger charge is 2.20. The fourth-order valence-electron chi connectivity index (χ4n) is 4.56. The summed E-state index contributed by atoms with van der Waals surface area (Å²) in [7, 11) is 0. The Bertz CT molecular complexity index is 968. The molecule has 1 heterocycles. The summed E-state index contributed by atoms with van der Waals surface area (Å²) in [4.78, 5) is 24.7. The highest BCUT2D eigenvalue weighted by Crippen LogP contribution is 2.25. The number of fused-ring (bicyclic) bond motifs is 1. The van der Waals surface area contributed by atoms with E-state index in [1.807, 2.05) is 47.5 Å². The molecule has 0 aliphatic carbocycles. The van der Waals surface area contributed by atoms with Crippen LogP contribution in [0.2, 0.25) is 0 Å². The average Bonchev–Trinajstić information content (AvgIpc) is 3.30. The SMILES string of the molecule is CCCCCCCCCCNC(=O)CCC/C=C/c1ccc(C(=O)NN2CCc3ccccc32)cc1. The van der Waals surface area contributed by atoms with Crippen molar-refractivity contribution in [1.82, 2.24) is 10.7 Å². The fourth-order valence-corrected chi connectivity index (χ4v) is 4.56. The zero-order valence-corrected chi connectivity index (χ0v) is 21.9. The van der Waals surface area contributed by atoms with Crippen molar-refractivity contribution in [1.29, 1.82) is 0 Å². The lowest BCUT2D eigenvalue weighted by Gasteiger charge is -2.20. The van der Waals surface area contributed by atoms with Crippen LogP contribution >= 0.6 is 0 Å². The zero-order chi connectivity index (χ0) is 25.4. The number of anilines is 1. The van der Waals surface area contributed by atoms with Crippen LogP contribution in [-0.2, 0) is 11.2 Å². The molecular formula is C31H43N3O2. The Labute approximate surface area is 217 Å². The number of nitrogens with zero attached hydrogens (tertiary/aromatic N) is 1. The van der Waals surface area contributed by atoms with Crippen LogP contribution in [0.1, 0.15) is 99.0 Å². The van der Waals surface area contributed by atoms with Gasteiger partial charge in [0.05, 0.1) is 5.69 Å². The van der Waals surface area contributed by atoms with Crippen molar-refractivity contribution in [2.45, 2.75) is 84.0 Å². The van der Waals surface area contributed by atoms with E-state index < -0.39 is 0 Å². The van der Waals surface area contributed by atoms with Gasteiger partial charge < -0.3 is 5.32 Å². The number of hydrogen-bond acceptors (Lipinski definition) is 3. The maximum absolute atomic E-state index is 12.7. The molecule has 0 atom stereocenters. The van der Waals surface area contributed by atoms with Gasteiger partial charge in [0.2, 0.25) is 5.91 Å². The van der Waals surface area contributed by atoms with E-state index in [1.54, 1.807) is 0 Å². The number of hydrogen-bond donors (Lipinski definition) is 2. The first-order valence-electron chi connectivity index (χ1n) is 13.9. The van der Waals surface area contributed by atoms with Crippen molar-refractivity contribution in [3.8, 4) is 0 Å². The Morgan fingerprint density at radius 3 is 2.39 bits per heavy atom. The minimum atomic E-state index is -0.0970. The topological polar surface area (TPSA) is 61.4 Å². The van der Waals surface area contributed by atoms with Crippen LogP contribution in [0.4, 0.5) is 5.69 Å². The normalized spacial score (nSPS) is 12.6. The second-order valence-corrected chi connectivity index (χ2v) is 9.71. The van der Waals surface area contributed by atoms with Gasteiger partial charge in [0.25, 0.3) is 5.91 Å². The van der Waals surface area contributed by atoms with E-state index in [0.29, 0.717) is 12.0 Å². The number of carbonyl (C=O) groups is 2. The number of allylic oxidation sites excluding steroid dienone is 1. The fraction of sp³-hybridized carbons (Fsp3) is 0.484. The van der Waals surface area contributed by atoms with Crippen molar-refractivity contribution in [3.05, 3.63) is 71.3 Å². The van der Waals surface area contributed by atoms with Crippen LogP contribution in [0.15, 0.2) is 54.6 Å². The monoisotopic (exact) mass is 489 g/mol. The maximum Gasteiger partial charge on any atom is 0.269 e. The quantitative estimate of drug-likeness (QED) is 0.254. The number of nitrogens with one attached hydrogen (secondary N) is 2. The third-order valence-corrected chi connectivity index (χ3v) is 6.73. The second kappa shape index (κ2) is 15.8. The minimum Gasteiger partial charge on any atom is -0.356 e.